The maximum atomic E-state index is 15.6. The summed E-state index contributed by atoms with van der Waals surface area (Å²) in [4.78, 5) is 15.4. The molecule has 3 atom stereocenters. The minimum atomic E-state index is -0.169. The van der Waals surface area contributed by atoms with Crippen molar-refractivity contribution in [1.82, 2.24) is 4.90 Å². The summed E-state index contributed by atoms with van der Waals surface area (Å²) in [5.41, 5.74) is 1.48. The molecule has 0 aliphatic heterocycles. The molecule has 1 aromatic carbocycles. The number of carbonyl (C=O) groups excluding carboxylic acids is 1. The van der Waals surface area contributed by atoms with E-state index in [0.717, 1.165) is 49.8 Å². The SMILES string of the molecule is CCOC(=O)CC1CCCC(N(CC2CCCCC2)CC2CCCCC2)C1c1cc(Cl)c(C)cc1F. The predicted molar refractivity (Wildman–Crippen MR) is 146 cm³/mol. The molecule has 3 saturated carbocycles. The Morgan fingerprint density at radius 3 is 2.14 bits per heavy atom. The standard InChI is InChI=1S/C31H47ClFNO2/c1-3-36-30(35)18-25-15-10-16-29(31(25)26-19-27(32)22(2)17-28(26)33)34(20-23-11-6-4-7-12-23)21-24-13-8-5-9-14-24/h17,19,23-25,29,31H,3-16,18,20-21H2,1-2H3. The van der Waals surface area contributed by atoms with Crippen LogP contribution in [0, 0.1) is 30.5 Å². The van der Waals surface area contributed by atoms with Gasteiger partial charge in [0.05, 0.1) is 6.61 Å². The van der Waals surface area contributed by atoms with E-state index in [1.807, 2.05) is 19.9 Å². The molecule has 3 aliphatic carbocycles. The van der Waals surface area contributed by atoms with Gasteiger partial charge in [-0.1, -0.05) is 56.5 Å². The fourth-order valence-electron chi connectivity index (χ4n) is 7.46. The molecule has 0 N–H and O–H groups in total. The molecule has 0 heterocycles. The molecule has 4 rings (SSSR count). The van der Waals surface area contributed by atoms with Crippen molar-refractivity contribution < 1.29 is 13.9 Å². The third kappa shape index (κ3) is 7.25. The molecule has 0 radical (unpaired) electrons. The summed E-state index contributed by atoms with van der Waals surface area (Å²) in [6, 6.07) is 3.71. The van der Waals surface area contributed by atoms with E-state index in [1.54, 1.807) is 6.07 Å². The number of hydrogen-bond donors (Lipinski definition) is 0. The van der Waals surface area contributed by atoms with Crippen LogP contribution in [0.25, 0.3) is 0 Å². The lowest BCUT2D eigenvalue weighted by Crippen LogP contribution is -2.49. The fourth-order valence-corrected chi connectivity index (χ4v) is 7.63. The van der Waals surface area contributed by atoms with Gasteiger partial charge >= 0.3 is 5.97 Å². The van der Waals surface area contributed by atoms with Gasteiger partial charge in [0, 0.05) is 36.5 Å². The quantitative estimate of drug-likeness (QED) is 0.306. The molecule has 36 heavy (non-hydrogen) atoms. The highest BCUT2D eigenvalue weighted by Crippen LogP contribution is 2.45. The van der Waals surface area contributed by atoms with E-state index in [-0.39, 0.29) is 29.7 Å². The average molecular weight is 520 g/mol. The molecule has 5 heteroatoms. The van der Waals surface area contributed by atoms with Crippen molar-refractivity contribution >= 4 is 17.6 Å². The van der Waals surface area contributed by atoms with Gasteiger partial charge < -0.3 is 4.74 Å². The molecule has 3 aliphatic rings. The lowest BCUT2D eigenvalue weighted by Gasteiger charge is -2.47. The average Bonchev–Trinajstić information content (AvgIpc) is 2.87. The van der Waals surface area contributed by atoms with Crippen LogP contribution in [0.4, 0.5) is 4.39 Å². The molecule has 3 nitrogen and oxygen atoms in total. The highest BCUT2D eigenvalue weighted by Gasteiger charge is 2.41. The van der Waals surface area contributed by atoms with Crippen molar-refractivity contribution in [2.75, 3.05) is 19.7 Å². The first-order valence-corrected chi connectivity index (χ1v) is 15.2. The van der Waals surface area contributed by atoms with E-state index >= 15 is 4.39 Å². The van der Waals surface area contributed by atoms with Crippen LogP contribution in [0.15, 0.2) is 12.1 Å². The van der Waals surface area contributed by atoms with E-state index < -0.39 is 0 Å². The van der Waals surface area contributed by atoms with E-state index in [0.29, 0.717) is 23.6 Å². The molecular formula is C31H47ClFNO2. The monoisotopic (exact) mass is 519 g/mol. The Kier molecular flexibility index (Phi) is 10.5. The molecular weight excluding hydrogens is 473 g/mol. The number of halogens is 2. The maximum absolute atomic E-state index is 15.6. The zero-order valence-electron chi connectivity index (χ0n) is 22.6. The number of carbonyl (C=O) groups is 1. The molecule has 0 aromatic heterocycles. The van der Waals surface area contributed by atoms with Gasteiger partial charge in [0.1, 0.15) is 5.82 Å². The van der Waals surface area contributed by atoms with Gasteiger partial charge in [0.2, 0.25) is 0 Å². The van der Waals surface area contributed by atoms with E-state index in [9.17, 15) is 4.79 Å². The number of ether oxygens (including phenoxy) is 1. The lowest BCUT2D eigenvalue weighted by atomic mass is 9.69. The highest BCUT2D eigenvalue weighted by atomic mass is 35.5. The Balaban J connectivity index is 1.67. The Morgan fingerprint density at radius 2 is 1.56 bits per heavy atom. The number of benzene rings is 1. The van der Waals surface area contributed by atoms with Crippen molar-refractivity contribution in [3.8, 4) is 0 Å². The topological polar surface area (TPSA) is 29.5 Å². The van der Waals surface area contributed by atoms with Crippen molar-refractivity contribution in [3.63, 3.8) is 0 Å². The first kappa shape index (κ1) is 27.9. The van der Waals surface area contributed by atoms with Gasteiger partial charge in [-0.25, -0.2) is 4.39 Å². The molecule has 0 saturated heterocycles. The van der Waals surface area contributed by atoms with Crippen LogP contribution in [-0.2, 0) is 9.53 Å². The summed E-state index contributed by atoms with van der Waals surface area (Å²) in [6.45, 7) is 6.34. The van der Waals surface area contributed by atoms with Crippen molar-refractivity contribution in [1.29, 1.82) is 0 Å². The normalized spacial score (nSPS) is 26.3. The molecule has 0 bridgehead atoms. The number of hydrogen-bond acceptors (Lipinski definition) is 3. The third-order valence-electron chi connectivity index (χ3n) is 9.27. The molecule has 0 amide bonds. The molecule has 0 spiro atoms. The van der Waals surface area contributed by atoms with Gasteiger partial charge in [0.25, 0.3) is 0 Å². The zero-order chi connectivity index (χ0) is 25.5. The van der Waals surface area contributed by atoms with Crippen LogP contribution >= 0.6 is 11.6 Å². The second-order valence-electron chi connectivity index (χ2n) is 11.9. The lowest BCUT2D eigenvalue weighted by molar-refractivity contribution is -0.145. The van der Waals surface area contributed by atoms with Crippen LogP contribution in [0.2, 0.25) is 5.02 Å². The predicted octanol–water partition coefficient (Wildman–Crippen LogP) is 8.46. The summed E-state index contributed by atoms with van der Waals surface area (Å²) in [5, 5.41) is 0.622. The molecule has 1 aromatic rings. The second-order valence-corrected chi connectivity index (χ2v) is 12.3. The smallest absolute Gasteiger partial charge is 0.306 e. The van der Waals surface area contributed by atoms with Gasteiger partial charge in [-0.05, 0) is 93.4 Å². The third-order valence-corrected chi connectivity index (χ3v) is 9.68. The minimum absolute atomic E-state index is 0.0339. The minimum Gasteiger partial charge on any atom is -0.466 e. The van der Waals surface area contributed by atoms with Gasteiger partial charge in [-0.3, -0.25) is 9.69 Å². The van der Waals surface area contributed by atoms with Gasteiger partial charge in [-0.2, -0.15) is 0 Å². The Hall–Kier alpha value is -1.13. The van der Waals surface area contributed by atoms with E-state index in [2.05, 4.69) is 4.90 Å². The Morgan fingerprint density at radius 1 is 0.944 bits per heavy atom. The largest absolute Gasteiger partial charge is 0.466 e. The second kappa shape index (κ2) is 13.6. The number of rotatable bonds is 9. The Bertz CT molecular complexity index is 829. The summed E-state index contributed by atoms with van der Waals surface area (Å²) in [7, 11) is 0. The number of aryl methyl sites for hydroxylation is 1. The van der Waals surface area contributed by atoms with E-state index in [4.69, 9.17) is 16.3 Å². The molecule has 3 unspecified atom stereocenters. The van der Waals surface area contributed by atoms with Crippen LogP contribution in [0.3, 0.4) is 0 Å². The van der Waals surface area contributed by atoms with Crippen LogP contribution in [-0.4, -0.2) is 36.6 Å². The first-order chi connectivity index (χ1) is 17.5. The summed E-state index contributed by atoms with van der Waals surface area (Å²) >= 11 is 6.57. The van der Waals surface area contributed by atoms with Gasteiger partial charge in [0.15, 0.2) is 0 Å². The summed E-state index contributed by atoms with van der Waals surface area (Å²) in [5.74, 6) is 1.19. The summed E-state index contributed by atoms with van der Waals surface area (Å²) in [6.07, 6.45) is 16.8. The highest BCUT2D eigenvalue weighted by molar-refractivity contribution is 6.31. The van der Waals surface area contributed by atoms with Crippen LogP contribution in [0.1, 0.15) is 114 Å². The first-order valence-electron chi connectivity index (χ1n) is 14.8. The Labute approximate surface area is 223 Å². The maximum Gasteiger partial charge on any atom is 0.306 e. The molecule has 3 fully saturated rings. The van der Waals surface area contributed by atoms with Crippen molar-refractivity contribution in [2.45, 2.75) is 116 Å². The van der Waals surface area contributed by atoms with Crippen LogP contribution in [0.5, 0.6) is 0 Å². The van der Waals surface area contributed by atoms with Crippen molar-refractivity contribution in [3.05, 3.63) is 34.1 Å². The number of nitrogens with zero attached hydrogens (tertiary/aromatic N) is 1. The molecule has 202 valence electrons. The number of esters is 1. The van der Waals surface area contributed by atoms with Gasteiger partial charge in [-0.15, -0.1) is 0 Å². The van der Waals surface area contributed by atoms with E-state index in [1.165, 1.54) is 64.2 Å². The fraction of sp³-hybridized carbons (Fsp3) is 0.774. The van der Waals surface area contributed by atoms with Crippen molar-refractivity contribution in [2.24, 2.45) is 17.8 Å². The van der Waals surface area contributed by atoms with Crippen LogP contribution < -0.4 is 0 Å². The summed E-state index contributed by atoms with van der Waals surface area (Å²) < 4.78 is 21.0. The zero-order valence-corrected chi connectivity index (χ0v) is 23.3.